The third kappa shape index (κ3) is 5.60. The van der Waals surface area contributed by atoms with Crippen molar-refractivity contribution in [2.45, 2.75) is 32.4 Å². The second-order valence-electron chi connectivity index (χ2n) is 9.15. The highest BCUT2D eigenvalue weighted by Crippen LogP contribution is 2.40. The Morgan fingerprint density at radius 3 is 2.68 bits per heavy atom. The highest BCUT2D eigenvalue weighted by atomic mass is 79.9. The lowest BCUT2D eigenvalue weighted by molar-refractivity contribution is -0.116. The number of amides is 1. The number of aromatic nitrogens is 1. The van der Waals surface area contributed by atoms with Gasteiger partial charge in [0.1, 0.15) is 17.6 Å². The highest BCUT2D eigenvalue weighted by Gasteiger charge is 2.41. The first-order chi connectivity index (χ1) is 17.9. The molecule has 8 heteroatoms. The van der Waals surface area contributed by atoms with Crippen molar-refractivity contribution in [1.29, 1.82) is 0 Å². The summed E-state index contributed by atoms with van der Waals surface area (Å²) in [5.41, 5.74) is 4.81. The molecule has 3 heterocycles. The highest BCUT2D eigenvalue weighted by molar-refractivity contribution is 9.10. The average molecular weight is 576 g/mol. The number of anilines is 1. The number of halogens is 1. The number of pyridine rings is 1. The third-order valence-corrected chi connectivity index (χ3v) is 7.37. The molecule has 0 saturated carbocycles. The number of furan rings is 1. The van der Waals surface area contributed by atoms with Gasteiger partial charge in [0.05, 0.1) is 11.7 Å². The van der Waals surface area contributed by atoms with Crippen molar-refractivity contribution in [1.82, 2.24) is 15.2 Å². The summed E-state index contributed by atoms with van der Waals surface area (Å²) >= 11 is 9.22. The molecule has 2 N–H and O–H groups in total. The Hall–Kier alpha value is -3.49. The van der Waals surface area contributed by atoms with Gasteiger partial charge in [0.25, 0.3) is 0 Å². The monoisotopic (exact) mass is 574 g/mol. The van der Waals surface area contributed by atoms with Crippen molar-refractivity contribution in [3.05, 3.63) is 106 Å². The van der Waals surface area contributed by atoms with Gasteiger partial charge in [0.15, 0.2) is 5.11 Å². The van der Waals surface area contributed by atoms with Crippen LogP contribution in [-0.2, 0) is 4.79 Å². The lowest BCUT2D eigenvalue weighted by atomic mass is 10.0. The number of nitrogens with one attached hydrogen (secondary N) is 2. The topological polar surface area (TPSA) is 70.4 Å². The Bertz CT molecular complexity index is 1420. The summed E-state index contributed by atoms with van der Waals surface area (Å²) in [6.07, 6.45) is 2.05. The number of benzene rings is 2. The fourth-order valence-corrected chi connectivity index (χ4v) is 5.14. The minimum atomic E-state index is -0.250. The standard InChI is InChI=1S/C29H27BrN4O2S/c1-18-6-7-19(2)23(17-18)32-26(35)14-16-34-28(27(33-29(34)37)22-5-3-4-15-31-22)25-13-12-24(36-25)20-8-10-21(30)11-9-20/h3-13,15,17,27-28H,14,16H2,1-2H3,(H,32,35)(H,33,37)/t27-,28+/m1/s1. The molecule has 0 spiro atoms. The average Bonchev–Trinajstić information content (AvgIpc) is 3.50. The summed E-state index contributed by atoms with van der Waals surface area (Å²) in [5, 5.41) is 7.03. The Morgan fingerprint density at radius 2 is 1.92 bits per heavy atom. The summed E-state index contributed by atoms with van der Waals surface area (Å²) in [6, 6.07) is 23.3. The van der Waals surface area contributed by atoms with Crippen LogP contribution in [0.3, 0.4) is 0 Å². The van der Waals surface area contributed by atoms with E-state index in [-0.39, 0.29) is 24.4 Å². The normalized spacial score (nSPS) is 17.1. The van der Waals surface area contributed by atoms with Crippen molar-refractivity contribution in [2.75, 3.05) is 11.9 Å². The van der Waals surface area contributed by atoms with Gasteiger partial charge in [-0.3, -0.25) is 9.78 Å². The maximum atomic E-state index is 12.9. The molecule has 2 aromatic heterocycles. The first kappa shape index (κ1) is 25.2. The number of hydrogen-bond donors (Lipinski definition) is 2. The van der Waals surface area contributed by atoms with Crippen LogP contribution in [0.4, 0.5) is 5.69 Å². The second-order valence-corrected chi connectivity index (χ2v) is 10.4. The van der Waals surface area contributed by atoms with Crippen molar-refractivity contribution >= 4 is 44.9 Å². The maximum Gasteiger partial charge on any atom is 0.226 e. The number of aryl methyl sites for hydroxylation is 2. The molecule has 1 amide bonds. The maximum absolute atomic E-state index is 12.9. The van der Waals surface area contributed by atoms with Crippen molar-refractivity contribution in [2.24, 2.45) is 0 Å². The molecule has 188 valence electrons. The molecule has 0 unspecified atom stereocenters. The van der Waals surface area contributed by atoms with Crippen LogP contribution in [0, 0.1) is 13.8 Å². The van der Waals surface area contributed by atoms with E-state index in [4.69, 9.17) is 16.6 Å². The molecule has 0 aliphatic carbocycles. The van der Waals surface area contributed by atoms with Gasteiger partial charge in [-0.2, -0.15) is 0 Å². The zero-order chi connectivity index (χ0) is 25.9. The molecule has 1 aliphatic rings. The number of carbonyl (C=O) groups excluding carboxylic acids is 1. The molecule has 0 bridgehead atoms. The first-order valence-electron chi connectivity index (χ1n) is 12.1. The minimum absolute atomic E-state index is 0.0634. The van der Waals surface area contributed by atoms with E-state index in [1.807, 2.05) is 91.5 Å². The molecular formula is C29H27BrN4O2S. The van der Waals surface area contributed by atoms with Crippen LogP contribution in [0.25, 0.3) is 11.3 Å². The molecule has 6 nitrogen and oxygen atoms in total. The molecular weight excluding hydrogens is 548 g/mol. The number of nitrogens with zero attached hydrogens (tertiary/aromatic N) is 2. The van der Waals surface area contributed by atoms with Gasteiger partial charge in [-0.25, -0.2) is 0 Å². The largest absolute Gasteiger partial charge is 0.459 e. The van der Waals surface area contributed by atoms with E-state index in [0.29, 0.717) is 11.7 Å². The molecule has 0 radical (unpaired) electrons. The lowest BCUT2D eigenvalue weighted by Crippen LogP contribution is -2.32. The molecule has 37 heavy (non-hydrogen) atoms. The molecule has 2 aromatic carbocycles. The van der Waals surface area contributed by atoms with E-state index in [1.165, 1.54) is 0 Å². The predicted octanol–water partition coefficient (Wildman–Crippen LogP) is 6.72. The summed E-state index contributed by atoms with van der Waals surface area (Å²) in [5.74, 6) is 1.47. The van der Waals surface area contributed by atoms with Gasteiger partial charge >= 0.3 is 0 Å². The minimum Gasteiger partial charge on any atom is -0.459 e. The number of rotatable bonds is 7. The van der Waals surface area contributed by atoms with Gasteiger partial charge in [0.2, 0.25) is 5.91 Å². The smallest absolute Gasteiger partial charge is 0.226 e. The summed E-state index contributed by atoms with van der Waals surface area (Å²) in [4.78, 5) is 19.5. The Labute approximate surface area is 230 Å². The second kappa shape index (κ2) is 10.9. The van der Waals surface area contributed by atoms with Crippen LogP contribution >= 0.6 is 28.1 Å². The SMILES string of the molecule is Cc1ccc(C)c(NC(=O)CCN2C(=S)N[C@H](c3ccccn3)[C@@H]2c2ccc(-c3ccc(Br)cc3)o2)c1. The zero-order valence-corrected chi connectivity index (χ0v) is 23.0. The van der Waals surface area contributed by atoms with Crippen molar-refractivity contribution in [3.8, 4) is 11.3 Å². The van der Waals surface area contributed by atoms with Gasteiger partial charge < -0.3 is 20.0 Å². The van der Waals surface area contributed by atoms with Crippen molar-refractivity contribution < 1.29 is 9.21 Å². The first-order valence-corrected chi connectivity index (χ1v) is 13.3. The van der Waals surface area contributed by atoms with E-state index < -0.39 is 0 Å². The summed E-state index contributed by atoms with van der Waals surface area (Å²) in [7, 11) is 0. The molecule has 2 atom stereocenters. The Kier molecular flexibility index (Phi) is 7.39. The van der Waals surface area contributed by atoms with E-state index in [1.54, 1.807) is 6.20 Å². The quantitative estimate of drug-likeness (QED) is 0.239. The van der Waals surface area contributed by atoms with Crippen LogP contribution in [0.5, 0.6) is 0 Å². The van der Waals surface area contributed by atoms with E-state index in [2.05, 4.69) is 31.5 Å². The Morgan fingerprint density at radius 1 is 1.11 bits per heavy atom. The molecule has 1 saturated heterocycles. The number of thiocarbonyl (C=S) groups is 1. The van der Waals surface area contributed by atoms with Crippen LogP contribution in [0.15, 0.2) is 87.9 Å². The van der Waals surface area contributed by atoms with Gasteiger partial charge in [-0.15, -0.1) is 0 Å². The van der Waals surface area contributed by atoms with Crippen LogP contribution < -0.4 is 10.6 Å². The lowest BCUT2D eigenvalue weighted by Gasteiger charge is -2.26. The number of carbonyl (C=O) groups is 1. The number of hydrogen-bond acceptors (Lipinski definition) is 4. The van der Waals surface area contributed by atoms with Crippen LogP contribution in [-0.4, -0.2) is 27.4 Å². The fraction of sp³-hybridized carbons (Fsp3) is 0.207. The fourth-order valence-electron chi connectivity index (χ4n) is 4.54. The third-order valence-electron chi connectivity index (χ3n) is 6.49. The molecule has 4 aromatic rings. The predicted molar refractivity (Wildman–Crippen MR) is 153 cm³/mol. The summed E-state index contributed by atoms with van der Waals surface area (Å²) in [6.45, 7) is 4.44. The van der Waals surface area contributed by atoms with Gasteiger partial charge in [-0.05, 0) is 79.7 Å². The Balaban J connectivity index is 1.39. The van der Waals surface area contributed by atoms with E-state index in [9.17, 15) is 4.79 Å². The molecule has 1 fully saturated rings. The molecule has 5 rings (SSSR count). The van der Waals surface area contributed by atoms with E-state index >= 15 is 0 Å². The van der Waals surface area contributed by atoms with Gasteiger partial charge in [-0.1, -0.05) is 46.3 Å². The van der Waals surface area contributed by atoms with Crippen LogP contribution in [0.2, 0.25) is 0 Å². The molecule has 1 aliphatic heterocycles. The van der Waals surface area contributed by atoms with E-state index in [0.717, 1.165) is 44.1 Å². The zero-order valence-electron chi connectivity index (χ0n) is 20.6. The van der Waals surface area contributed by atoms with Gasteiger partial charge in [0, 0.05) is 34.9 Å². The van der Waals surface area contributed by atoms with Crippen LogP contribution in [0.1, 0.15) is 41.1 Å². The summed E-state index contributed by atoms with van der Waals surface area (Å²) < 4.78 is 7.38. The van der Waals surface area contributed by atoms with Crippen molar-refractivity contribution in [3.63, 3.8) is 0 Å².